The fourth-order valence-electron chi connectivity index (χ4n) is 1.64. The van der Waals surface area contributed by atoms with E-state index in [0.717, 1.165) is 0 Å². The van der Waals surface area contributed by atoms with E-state index in [4.69, 9.17) is 10.5 Å². The van der Waals surface area contributed by atoms with E-state index in [1.165, 1.54) is 25.3 Å². The van der Waals surface area contributed by atoms with Gasteiger partial charge < -0.3 is 15.8 Å². The van der Waals surface area contributed by atoms with Crippen LogP contribution in [0.2, 0.25) is 0 Å². The van der Waals surface area contributed by atoms with Crippen molar-refractivity contribution < 1.29 is 13.9 Å². The third-order valence-corrected chi connectivity index (χ3v) is 3.34. The predicted octanol–water partition coefficient (Wildman–Crippen LogP) is 3.43. The van der Waals surface area contributed by atoms with Crippen LogP contribution >= 0.6 is 15.9 Å². The highest BCUT2D eigenvalue weighted by Gasteiger charge is 2.13. The monoisotopic (exact) mass is 338 g/mol. The van der Waals surface area contributed by atoms with Crippen LogP contribution in [0.25, 0.3) is 0 Å². The van der Waals surface area contributed by atoms with E-state index >= 15 is 0 Å². The number of anilines is 2. The summed E-state index contributed by atoms with van der Waals surface area (Å²) in [5.74, 6) is -0.257. The Morgan fingerprint density at radius 3 is 2.70 bits per heavy atom. The van der Waals surface area contributed by atoms with Crippen LogP contribution < -0.4 is 15.8 Å². The van der Waals surface area contributed by atoms with Crippen molar-refractivity contribution in [1.29, 1.82) is 0 Å². The lowest BCUT2D eigenvalue weighted by Crippen LogP contribution is -2.14. The zero-order valence-corrected chi connectivity index (χ0v) is 12.2. The van der Waals surface area contributed by atoms with E-state index in [-0.39, 0.29) is 0 Å². The summed E-state index contributed by atoms with van der Waals surface area (Å²) in [7, 11) is 1.50. The number of hydrogen-bond donors (Lipinski definition) is 2. The van der Waals surface area contributed by atoms with Gasteiger partial charge in [0.25, 0.3) is 5.91 Å². The molecule has 0 aromatic heterocycles. The molecule has 1 amide bonds. The minimum Gasteiger partial charge on any atom is -0.497 e. The van der Waals surface area contributed by atoms with Crippen molar-refractivity contribution in [3.63, 3.8) is 0 Å². The molecule has 4 nitrogen and oxygen atoms in total. The molecule has 0 aliphatic heterocycles. The van der Waals surface area contributed by atoms with Crippen LogP contribution in [-0.4, -0.2) is 13.0 Å². The number of nitrogens with two attached hydrogens (primary N) is 1. The molecule has 0 aliphatic carbocycles. The minimum atomic E-state index is -0.395. The Morgan fingerprint density at radius 2 is 2.05 bits per heavy atom. The Hall–Kier alpha value is -2.08. The van der Waals surface area contributed by atoms with Crippen molar-refractivity contribution in [2.24, 2.45) is 0 Å². The second kappa shape index (κ2) is 5.92. The van der Waals surface area contributed by atoms with Crippen molar-refractivity contribution >= 4 is 33.2 Å². The second-order valence-electron chi connectivity index (χ2n) is 4.03. The van der Waals surface area contributed by atoms with Crippen molar-refractivity contribution in [2.45, 2.75) is 0 Å². The van der Waals surface area contributed by atoms with E-state index in [1.54, 1.807) is 18.2 Å². The lowest BCUT2D eigenvalue weighted by Gasteiger charge is -2.10. The number of carbonyl (C=O) groups excluding carboxylic acids is 1. The first kappa shape index (κ1) is 14.3. The summed E-state index contributed by atoms with van der Waals surface area (Å²) in [6, 6.07) is 8.79. The molecule has 0 unspecified atom stereocenters. The van der Waals surface area contributed by atoms with Crippen LogP contribution in [0.4, 0.5) is 15.8 Å². The maximum absolute atomic E-state index is 13.0. The van der Waals surface area contributed by atoms with Gasteiger partial charge in [-0.1, -0.05) is 0 Å². The molecular formula is C14H12BrFN2O2. The molecule has 104 valence electrons. The van der Waals surface area contributed by atoms with Crippen LogP contribution in [0.15, 0.2) is 40.9 Å². The van der Waals surface area contributed by atoms with Crippen molar-refractivity contribution in [3.8, 4) is 5.75 Å². The maximum atomic E-state index is 13.0. The number of benzene rings is 2. The van der Waals surface area contributed by atoms with Crippen molar-refractivity contribution in [3.05, 3.63) is 52.3 Å². The number of halogens is 2. The van der Waals surface area contributed by atoms with Crippen LogP contribution in [0.1, 0.15) is 10.4 Å². The third-order valence-electron chi connectivity index (χ3n) is 2.68. The van der Waals surface area contributed by atoms with Gasteiger partial charge >= 0.3 is 0 Å². The smallest absolute Gasteiger partial charge is 0.257 e. The summed E-state index contributed by atoms with van der Waals surface area (Å²) >= 11 is 3.18. The average molecular weight is 339 g/mol. The van der Waals surface area contributed by atoms with Crippen LogP contribution in [0.3, 0.4) is 0 Å². The van der Waals surface area contributed by atoms with Crippen molar-refractivity contribution in [1.82, 2.24) is 0 Å². The van der Waals surface area contributed by atoms with Gasteiger partial charge in [-0.05, 0) is 52.3 Å². The van der Waals surface area contributed by atoms with Gasteiger partial charge in [0.1, 0.15) is 11.6 Å². The van der Waals surface area contributed by atoms with Gasteiger partial charge in [0.05, 0.1) is 18.4 Å². The van der Waals surface area contributed by atoms with Gasteiger partial charge in [-0.2, -0.15) is 0 Å². The lowest BCUT2D eigenvalue weighted by atomic mass is 10.1. The van der Waals surface area contributed by atoms with Crippen LogP contribution in [0.5, 0.6) is 5.75 Å². The molecule has 0 atom stereocenters. The van der Waals surface area contributed by atoms with Gasteiger partial charge in [-0.15, -0.1) is 0 Å². The Kier molecular flexibility index (Phi) is 4.24. The largest absolute Gasteiger partial charge is 0.497 e. The molecule has 20 heavy (non-hydrogen) atoms. The topological polar surface area (TPSA) is 64.3 Å². The molecular weight excluding hydrogens is 327 g/mol. The summed E-state index contributed by atoms with van der Waals surface area (Å²) in [6.45, 7) is 0. The molecule has 3 N–H and O–H groups in total. The van der Waals surface area contributed by atoms with E-state index < -0.39 is 11.7 Å². The van der Waals surface area contributed by atoms with Gasteiger partial charge in [0.2, 0.25) is 0 Å². The number of amides is 1. The third kappa shape index (κ3) is 3.08. The number of rotatable bonds is 3. The van der Waals surface area contributed by atoms with Gasteiger partial charge in [0.15, 0.2) is 0 Å². The highest BCUT2D eigenvalue weighted by molar-refractivity contribution is 9.10. The van der Waals surface area contributed by atoms with E-state index in [9.17, 15) is 9.18 Å². The average Bonchev–Trinajstić information content (AvgIpc) is 2.42. The molecule has 0 heterocycles. The molecule has 0 spiro atoms. The number of ether oxygens (including phenoxy) is 1. The number of methoxy groups -OCH3 is 1. The molecule has 2 aromatic carbocycles. The van der Waals surface area contributed by atoms with Gasteiger partial charge in [-0.3, -0.25) is 4.79 Å². The molecule has 2 aromatic rings. The first-order valence-electron chi connectivity index (χ1n) is 5.71. The van der Waals surface area contributed by atoms with E-state index in [1.807, 2.05) is 0 Å². The van der Waals surface area contributed by atoms with Crippen LogP contribution in [0, 0.1) is 5.82 Å². The molecule has 6 heteroatoms. The minimum absolute atomic E-state index is 0.292. The van der Waals surface area contributed by atoms with E-state index in [0.29, 0.717) is 27.2 Å². The molecule has 0 radical (unpaired) electrons. The number of nitrogen functional groups attached to an aromatic ring is 1. The second-order valence-corrected chi connectivity index (χ2v) is 4.89. The summed E-state index contributed by atoms with van der Waals surface area (Å²) in [6.07, 6.45) is 0. The fourth-order valence-corrected chi connectivity index (χ4v) is 2.09. The number of carbonyl (C=O) groups is 1. The molecule has 0 saturated carbocycles. The number of nitrogens with one attached hydrogen (secondary N) is 1. The Morgan fingerprint density at radius 1 is 1.30 bits per heavy atom. The van der Waals surface area contributed by atoms with Gasteiger partial charge in [-0.25, -0.2) is 4.39 Å². The highest BCUT2D eigenvalue weighted by Crippen LogP contribution is 2.25. The Balaban J connectivity index is 2.28. The predicted molar refractivity (Wildman–Crippen MR) is 79.5 cm³/mol. The quantitative estimate of drug-likeness (QED) is 0.842. The Bertz CT molecular complexity index is 662. The van der Waals surface area contributed by atoms with Crippen molar-refractivity contribution in [2.75, 3.05) is 18.2 Å². The first-order valence-corrected chi connectivity index (χ1v) is 6.50. The summed E-state index contributed by atoms with van der Waals surface area (Å²) < 4.78 is 18.5. The first-order chi connectivity index (χ1) is 9.51. The maximum Gasteiger partial charge on any atom is 0.257 e. The SMILES string of the molecule is COc1ccc(N)c(C(=O)Nc2ccc(F)cc2Br)c1. The van der Waals surface area contributed by atoms with Crippen LogP contribution in [-0.2, 0) is 0 Å². The zero-order valence-electron chi connectivity index (χ0n) is 10.6. The van der Waals surface area contributed by atoms with E-state index in [2.05, 4.69) is 21.2 Å². The van der Waals surface area contributed by atoms with Gasteiger partial charge in [0, 0.05) is 10.2 Å². The lowest BCUT2D eigenvalue weighted by molar-refractivity contribution is 0.102. The summed E-state index contributed by atoms with van der Waals surface area (Å²) in [4.78, 5) is 12.2. The number of hydrogen-bond acceptors (Lipinski definition) is 3. The fraction of sp³-hybridized carbons (Fsp3) is 0.0714. The Labute approximate surface area is 123 Å². The summed E-state index contributed by atoms with van der Waals surface area (Å²) in [5.41, 5.74) is 6.86. The molecule has 0 fully saturated rings. The molecule has 0 aliphatic rings. The molecule has 0 saturated heterocycles. The highest BCUT2D eigenvalue weighted by atomic mass is 79.9. The standard InChI is InChI=1S/C14H12BrFN2O2/c1-20-9-3-4-12(17)10(7-9)14(19)18-13-5-2-8(16)6-11(13)15/h2-7H,17H2,1H3,(H,18,19). The normalized spacial score (nSPS) is 10.2. The molecule has 2 rings (SSSR count). The summed E-state index contributed by atoms with van der Waals surface area (Å²) in [5, 5.41) is 2.66. The zero-order chi connectivity index (χ0) is 14.7. The molecule has 0 bridgehead atoms.